The van der Waals surface area contributed by atoms with Crippen LogP contribution in [0.1, 0.15) is 40.0 Å². The number of hydrogen-bond donors (Lipinski definition) is 2. The first-order valence-electron chi connectivity index (χ1n) is 9.62. The van der Waals surface area contributed by atoms with Crippen molar-refractivity contribution in [2.24, 2.45) is 29.4 Å². The Kier molecular flexibility index (Phi) is 5.81. The third-order valence-corrected chi connectivity index (χ3v) is 5.50. The largest absolute Gasteiger partial charge is 0.463 e. The molecule has 2 aromatic rings. The van der Waals surface area contributed by atoms with Gasteiger partial charge in [-0.2, -0.15) is 5.10 Å². The van der Waals surface area contributed by atoms with Gasteiger partial charge >= 0.3 is 0 Å². The third-order valence-electron chi connectivity index (χ3n) is 5.50. The van der Waals surface area contributed by atoms with E-state index in [0.717, 1.165) is 12.8 Å². The molecule has 0 unspecified atom stereocenters. The van der Waals surface area contributed by atoms with Gasteiger partial charge in [0.25, 0.3) is 0 Å². The normalized spacial score (nSPS) is 23.3. The molecule has 0 aromatic carbocycles. The first-order valence-corrected chi connectivity index (χ1v) is 9.62. The summed E-state index contributed by atoms with van der Waals surface area (Å²) in [6, 6.07) is 5.55. The fourth-order valence-electron chi connectivity index (χ4n) is 4.08. The number of carbonyl (C=O) groups excluding carboxylic acids is 1. The molecule has 0 bridgehead atoms. The monoisotopic (exact) mass is 358 g/mol. The van der Waals surface area contributed by atoms with Crippen LogP contribution in [0.25, 0.3) is 11.5 Å². The van der Waals surface area contributed by atoms with Crippen molar-refractivity contribution in [3.05, 3.63) is 24.5 Å². The van der Waals surface area contributed by atoms with Crippen molar-refractivity contribution in [2.45, 2.75) is 46.6 Å². The molecule has 2 heterocycles. The van der Waals surface area contributed by atoms with Crippen LogP contribution in [0, 0.1) is 23.7 Å². The van der Waals surface area contributed by atoms with Crippen LogP contribution in [-0.4, -0.2) is 22.2 Å². The highest BCUT2D eigenvalue weighted by atomic mass is 16.3. The summed E-state index contributed by atoms with van der Waals surface area (Å²) in [6.07, 6.45) is 4.90. The van der Waals surface area contributed by atoms with Crippen molar-refractivity contribution >= 4 is 11.7 Å². The molecule has 6 heteroatoms. The smallest absolute Gasteiger partial charge is 0.228 e. The van der Waals surface area contributed by atoms with Crippen molar-refractivity contribution < 1.29 is 9.21 Å². The first kappa shape index (κ1) is 18.7. The number of furan rings is 1. The molecule has 142 valence electrons. The quantitative estimate of drug-likeness (QED) is 0.823. The molecule has 0 aliphatic heterocycles. The zero-order valence-electron chi connectivity index (χ0n) is 15.9. The summed E-state index contributed by atoms with van der Waals surface area (Å²) in [6.45, 7) is 7.68. The topological polar surface area (TPSA) is 86.1 Å². The Morgan fingerprint density at radius 2 is 2.27 bits per heavy atom. The summed E-state index contributed by atoms with van der Waals surface area (Å²) >= 11 is 0. The molecule has 6 nitrogen and oxygen atoms in total. The minimum absolute atomic E-state index is 0.0482. The SMILES string of the molecule is CC(C)[C@H]1CC[C@H](C)C[C@H]1C(=O)Nc1cc(-c2ccco2)nn1CCN. The second-order valence-electron chi connectivity index (χ2n) is 7.83. The van der Waals surface area contributed by atoms with E-state index in [-0.39, 0.29) is 11.8 Å². The molecule has 3 atom stereocenters. The Morgan fingerprint density at radius 3 is 2.92 bits per heavy atom. The number of nitrogens with zero attached hydrogens (tertiary/aromatic N) is 2. The van der Waals surface area contributed by atoms with Crippen LogP contribution in [0.4, 0.5) is 5.82 Å². The molecule has 3 rings (SSSR count). The lowest BCUT2D eigenvalue weighted by Crippen LogP contribution is -2.37. The van der Waals surface area contributed by atoms with Crippen LogP contribution in [0.2, 0.25) is 0 Å². The molecule has 1 aliphatic rings. The summed E-state index contributed by atoms with van der Waals surface area (Å²) < 4.78 is 7.19. The predicted octanol–water partition coefficient (Wildman–Crippen LogP) is 3.75. The number of anilines is 1. The van der Waals surface area contributed by atoms with E-state index in [1.165, 1.54) is 6.42 Å². The first-order chi connectivity index (χ1) is 12.5. The van der Waals surface area contributed by atoms with Gasteiger partial charge in [-0.25, -0.2) is 4.68 Å². The molecule has 0 spiro atoms. The highest BCUT2D eigenvalue weighted by Gasteiger charge is 2.35. The summed E-state index contributed by atoms with van der Waals surface area (Å²) in [5.74, 6) is 3.04. The zero-order chi connectivity index (χ0) is 18.7. The van der Waals surface area contributed by atoms with Crippen molar-refractivity contribution in [3.8, 4) is 11.5 Å². The maximum Gasteiger partial charge on any atom is 0.228 e. The number of aromatic nitrogens is 2. The lowest BCUT2D eigenvalue weighted by Gasteiger charge is -2.36. The third kappa shape index (κ3) is 4.01. The number of rotatable bonds is 6. The van der Waals surface area contributed by atoms with Gasteiger partial charge in [0.1, 0.15) is 11.5 Å². The van der Waals surface area contributed by atoms with Crippen LogP contribution in [0.3, 0.4) is 0 Å². The summed E-state index contributed by atoms with van der Waals surface area (Å²) in [4.78, 5) is 13.1. The molecule has 0 saturated heterocycles. The molecule has 0 radical (unpaired) electrons. The molecular weight excluding hydrogens is 328 g/mol. The summed E-state index contributed by atoms with van der Waals surface area (Å²) in [7, 11) is 0. The van der Waals surface area contributed by atoms with Gasteiger partial charge in [-0.15, -0.1) is 0 Å². The van der Waals surface area contributed by atoms with Crippen molar-refractivity contribution in [1.29, 1.82) is 0 Å². The molecule has 1 amide bonds. The van der Waals surface area contributed by atoms with Crippen molar-refractivity contribution in [2.75, 3.05) is 11.9 Å². The van der Waals surface area contributed by atoms with Gasteiger partial charge in [0.05, 0.1) is 12.8 Å². The second kappa shape index (κ2) is 8.08. The van der Waals surface area contributed by atoms with Crippen LogP contribution in [0.5, 0.6) is 0 Å². The number of amides is 1. The Bertz CT molecular complexity index is 720. The van der Waals surface area contributed by atoms with E-state index in [4.69, 9.17) is 10.2 Å². The molecule has 2 aromatic heterocycles. The molecule has 1 saturated carbocycles. The molecule has 1 aliphatic carbocycles. The van der Waals surface area contributed by atoms with Gasteiger partial charge in [0, 0.05) is 18.5 Å². The minimum atomic E-state index is 0.0482. The Labute approximate surface area is 155 Å². The van der Waals surface area contributed by atoms with Gasteiger partial charge in [-0.1, -0.05) is 27.2 Å². The van der Waals surface area contributed by atoms with E-state index in [1.807, 2.05) is 18.2 Å². The van der Waals surface area contributed by atoms with E-state index in [1.54, 1.807) is 10.9 Å². The highest BCUT2D eigenvalue weighted by molar-refractivity contribution is 5.92. The van der Waals surface area contributed by atoms with Gasteiger partial charge in [0.15, 0.2) is 5.76 Å². The standard InChI is InChI=1S/C20H30N4O2/c1-13(2)15-7-6-14(3)11-16(15)20(25)22-19-12-17(18-5-4-10-26-18)23-24(19)9-8-21/h4-5,10,12-16H,6-9,11,21H2,1-3H3,(H,22,25)/t14-,15+,16+/m0/s1. The van der Waals surface area contributed by atoms with Gasteiger partial charge < -0.3 is 15.5 Å². The van der Waals surface area contributed by atoms with E-state index in [9.17, 15) is 4.79 Å². The van der Waals surface area contributed by atoms with E-state index in [0.29, 0.717) is 48.1 Å². The maximum atomic E-state index is 13.1. The number of carbonyl (C=O) groups is 1. The zero-order valence-corrected chi connectivity index (χ0v) is 15.9. The van der Waals surface area contributed by atoms with Gasteiger partial charge in [-0.05, 0) is 42.7 Å². The average Bonchev–Trinajstić information content (AvgIpc) is 3.25. The lowest BCUT2D eigenvalue weighted by atomic mass is 9.70. The van der Waals surface area contributed by atoms with Crippen LogP contribution < -0.4 is 11.1 Å². The summed E-state index contributed by atoms with van der Waals surface area (Å²) in [5, 5.41) is 7.65. The van der Waals surface area contributed by atoms with Gasteiger partial charge in [0.2, 0.25) is 5.91 Å². The summed E-state index contributed by atoms with van der Waals surface area (Å²) in [5.41, 5.74) is 6.42. The van der Waals surface area contributed by atoms with E-state index < -0.39 is 0 Å². The lowest BCUT2D eigenvalue weighted by molar-refractivity contribution is -0.124. The number of nitrogens with one attached hydrogen (secondary N) is 1. The Morgan fingerprint density at radius 1 is 1.46 bits per heavy atom. The molecular formula is C20H30N4O2. The van der Waals surface area contributed by atoms with Crippen LogP contribution in [-0.2, 0) is 11.3 Å². The Balaban J connectivity index is 1.81. The Hall–Kier alpha value is -2.08. The van der Waals surface area contributed by atoms with Crippen molar-refractivity contribution in [1.82, 2.24) is 9.78 Å². The molecule has 3 N–H and O–H groups in total. The fourth-order valence-corrected chi connectivity index (χ4v) is 4.08. The fraction of sp³-hybridized carbons (Fsp3) is 0.600. The van der Waals surface area contributed by atoms with Gasteiger partial charge in [-0.3, -0.25) is 4.79 Å². The van der Waals surface area contributed by atoms with Crippen LogP contribution in [0.15, 0.2) is 28.9 Å². The van der Waals surface area contributed by atoms with Crippen molar-refractivity contribution in [3.63, 3.8) is 0 Å². The second-order valence-corrected chi connectivity index (χ2v) is 7.83. The van der Waals surface area contributed by atoms with Crippen LogP contribution >= 0.6 is 0 Å². The van der Waals surface area contributed by atoms with E-state index in [2.05, 4.69) is 31.2 Å². The van der Waals surface area contributed by atoms with E-state index >= 15 is 0 Å². The number of nitrogens with two attached hydrogens (primary N) is 1. The predicted molar refractivity (Wildman–Crippen MR) is 102 cm³/mol. The minimum Gasteiger partial charge on any atom is -0.463 e. The highest BCUT2D eigenvalue weighted by Crippen LogP contribution is 2.38. The maximum absolute atomic E-state index is 13.1. The molecule has 1 fully saturated rings. The average molecular weight is 358 g/mol. The number of hydrogen-bond acceptors (Lipinski definition) is 4. The molecule has 26 heavy (non-hydrogen) atoms.